The summed E-state index contributed by atoms with van der Waals surface area (Å²) in [6.45, 7) is 4.07. The number of hydrogen-bond acceptors (Lipinski definition) is 2. The monoisotopic (exact) mass is 168 g/mol. The highest BCUT2D eigenvalue weighted by Gasteiger charge is 2.08. The number of aromatic carboxylic acids is 1. The maximum absolute atomic E-state index is 10.4. The van der Waals surface area contributed by atoms with Gasteiger partial charge in [0.15, 0.2) is 5.69 Å². The molecule has 1 aromatic rings. The van der Waals surface area contributed by atoms with Gasteiger partial charge in [-0.15, -0.1) is 0 Å². The van der Waals surface area contributed by atoms with Crippen LogP contribution in [0.1, 0.15) is 36.8 Å². The van der Waals surface area contributed by atoms with Gasteiger partial charge in [0, 0.05) is 12.2 Å². The van der Waals surface area contributed by atoms with Gasteiger partial charge < -0.3 is 9.67 Å². The van der Waals surface area contributed by atoms with Crippen LogP contribution in [0.3, 0.4) is 0 Å². The second-order valence-electron chi connectivity index (χ2n) is 2.77. The number of carboxylic acids is 1. The molecule has 0 bridgehead atoms. The molecule has 0 radical (unpaired) electrons. The second kappa shape index (κ2) is 3.38. The topological polar surface area (TPSA) is 55.1 Å². The van der Waals surface area contributed by atoms with Gasteiger partial charge in [0.05, 0.1) is 6.33 Å². The summed E-state index contributed by atoms with van der Waals surface area (Å²) >= 11 is 0. The van der Waals surface area contributed by atoms with Crippen LogP contribution in [0, 0.1) is 0 Å². The first-order valence-corrected chi connectivity index (χ1v) is 3.92. The molecule has 1 unspecified atom stereocenters. The van der Waals surface area contributed by atoms with Crippen molar-refractivity contribution in [3.63, 3.8) is 0 Å². The van der Waals surface area contributed by atoms with Crippen molar-refractivity contribution in [2.45, 2.75) is 26.3 Å². The van der Waals surface area contributed by atoms with Crippen LogP contribution in [0.2, 0.25) is 0 Å². The number of nitrogens with zero attached hydrogens (tertiary/aromatic N) is 2. The van der Waals surface area contributed by atoms with Crippen LogP contribution in [0.25, 0.3) is 0 Å². The van der Waals surface area contributed by atoms with Gasteiger partial charge in [-0.25, -0.2) is 9.78 Å². The zero-order chi connectivity index (χ0) is 9.14. The number of hydrogen-bond donors (Lipinski definition) is 1. The average molecular weight is 168 g/mol. The number of rotatable bonds is 3. The van der Waals surface area contributed by atoms with Gasteiger partial charge in [0.1, 0.15) is 0 Å². The Morgan fingerprint density at radius 2 is 2.50 bits per heavy atom. The molecule has 0 fully saturated rings. The fraction of sp³-hybridized carbons (Fsp3) is 0.500. The molecule has 4 heteroatoms. The van der Waals surface area contributed by atoms with Crippen LogP contribution in [0.15, 0.2) is 12.5 Å². The van der Waals surface area contributed by atoms with E-state index in [0.717, 1.165) is 6.42 Å². The normalized spacial score (nSPS) is 12.8. The van der Waals surface area contributed by atoms with Crippen LogP contribution in [-0.4, -0.2) is 20.6 Å². The highest BCUT2D eigenvalue weighted by atomic mass is 16.4. The van der Waals surface area contributed by atoms with Gasteiger partial charge in [-0.3, -0.25) is 0 Å². The minimum absolute atomic E-state index is 0.107. The van der Waals surface area contributed by atoms with E-state index in [1.54, 1.807) is 12.5 Å². The molecule has 1 atom stereocenters. The molecular weight excluding hydrogens is 156 g/mol. The first-order valence-electron chi connectivity index (χ1n) is 3.92. The van der Waals surface area contributed by atoms with E-state index in [9.17, 15) is 4.79 Å². The summed E-state index contributed by atoms with van der Waals surface area (Å²) in [5, 5.41) is 8.58. The van der Waals surface area contributed by atoms with E-state index in [1.165, 1.54) is 0 Å². The highest BCUT2D eigenvalue weighted by molar-refractivity contribution is 5.84. The Labute approximate surface area is 70.9 Å². The lowest BCUT2D eigenvalue weighted by molar-refractivity contribution is 0.0691. The third kappa shape index (κ3) is 1.64. The number of carbonyl (C=O) groups is 1. The minimum Gasteiger partial charge on any atom is -0.476 e. The zero-order valence-corrected chi connectivity index (χ0v) is 7.19. The zero-order valence-electron chi connectivity index (χ0n) is 7.19. The third-order valence-electron chi connectivity index (χ3n) is 1.92. The Bertz CT molecular complexity index is 280. The number of carboxylic acid groups (broad SMARTS) is 1. The lowest BCUT2D eigenvalue weighted by Gasteiger charge is -2.08. The predicted octanol–water partition coefficient (Wildman–Crippen LogP) is 1.55. The van der Waals surface area contributed by atoms with Gasteiger partial charge in [0.2, 0.25) is 0 Å². The number of imidazole rings is 1. The molecule has 0 saturated carbocycles. The fourth-order valence-electron chi connectivity index (χ4n) is 0.899. The minimum atomic E-state index is -0.975. The lowest BCUT2D eigenvalue weighted by atomic mass is 10.2. The van der Waals surface area contributed by atoms with Gasteiger partial charge in [-0.2, -0.15) is 0 Å². The molecule has 4 nitrogen and oxygen atoms in total. The van der Waals surface area contributed by atoms with Crippen molar-refractivity contribution >= 4 is 5.97 Å². The van der Waals surface area contributed by atoms with Crippen LogP contribution in [0.5, 0.6) is 0 Å². The first-order chi connectivity index (χ1) is 5.65. The van der Waals surface area contributed by atoms with Crippen molar-refractivity contribution in [3.8, 4) is 0 Å². The van der Waals surface area contributed by atoms with E-state index in [0.29, 0.717) is 6.04 Å². The molecule has 12 heavy (non-hydrogen) atoms. The molecule has 1 rings (SSSR count). The summed E-state index contributed by atoms with van der Waals surface area (Å²) in [5.41, 5.74) is 0.107. The smallest absolute Gasteiger partial charge is 0.356 e. The van der Waals surface area contributed by atoms with E-state index in [4.69, 9.17) is 5.11 Å². The summed E-state index contributed by atoms with van der Waals surface area (Å²) in [5.74, 6) is -0.975. The van der Waals surface area contributed by atoms with E-state index >= 15 is 0 Å². The summed E-state index contributed by atoms with van der Waals surface area (Å²) in [6, 6.07) is 0.311. The summed E-state index contributed by atoms with van der Waals surface area (Å²) in [6.07, 6.45) is 4.07. The van der Waals surface area contributed by atoms with Crippen LogP contribution >= 0.6 is 0 Å². The van der Waals surface area contributed by atoms with Crippen molar-refractivity contribution in [1.29, 1.82) is 0 Å². The SMILES string of the molecule is CCC(C)n1cnc(C(=O)O)c1. The largest absolute Gasteiger partial charge is 0.476 e. The van der Waals surface area contributed by atoms with E-state index < -0.39 is 5.97 Å². The van der Waals surface area contributed by atoms with E-state index in [1.807, 2.05) is 18.4 Å². The molecule has 0 spiro atoms. The highest BCUT2D eigenvalue weighted by Crippen LogP contribution is 2.09. The molecule has 0 saturated heterocycles. The van der Waals surface area contributed by atoms with Gasteiger partial charge in [0.25, 0.3) is 0 Å². The maximum Gasteiger partial charge on any atom is 0.356 e. The van der Waals surface area contributed by atoms with Crippen LogP contribution < -0.4 is 0 Å². The maximum atomic E-state index is 10.4. The molecule has 1 N–H and O–H groups in total. The molecule has 0 amide bonds. The van der Waals surface area contributed by atoms with E-state index in [-0.39, 0.29) is 5.69 Å². The Hall–Kier alpha value is -1.32. The van der Waals surface area contributed by atoms with Gasteiger partial charge in [-0.05, 0) is 13.3 Å². The quantitative estimate of drug-likeness (QED) is 0.745. The molecule has 1 aromatic heterocycles. The second-order valence-corrected chi connectivity index (χ2v) is 2.77. The number of aromatic nitrogens is 2. The molecule has 0 aliphatic rings. The average Bonchev–Trinajstić information content (AvgIpc) is 2.51. The molecule has 0 aromatic carbocycles. The van der Waals surface area contributed by atoms with Crippen molar-refractivity contribution < 1.29 is 9.90 Å². The van der Waals surface area contributed by atoms with E-state index in [2.05, 4.69) is 4.98 Å². The van der Waals surface area contributed by atoms with Crippen LogP contribution in [-0.2, 0) is 0 Å². The molecule has 66 valence electrons. The van der Waals surface area contributed by atoms with Gasteiger partial charge in [-0.1, -0.05) is 6.92 Å². The Morgan fingerprint density at radius 3 is 2.92 bits per heavy atom. The molecular formula is C8H12N2O2. The Morgan fingerprint density at radius 1 is 1.83 bits per heavy atom. The van der Waals surface area contributed by atoms with Crippen molar-refractivity contribution in [1.82, 2.24) is 9.55 Å². The van der Waals surface area contributed by atoms with Crippen molar-refractivity contribution in [2.75, 3.05) is 0 Å². The van der Waals surface area contributed by atoms with Crippen molar-refractivity contribution in [3.05, 3.63) is 18.2 Å². The predicted molar refractivity (Wildman–Crippen MR) is 44.2 cm³/mol. The van der Waals surface area contributed by atoms with Crippen LogP contribution in [0.4, 0.5) is 0 Å². The summed E-state index contributed by atoms with van der Waals surface area (Å²) < 4.78 is 1.81. The molecule has 0 aliphatic heterocycles. The third-order valence-corrected chi connectivity index (χ3v) is 1.92. The summed E-state index contributed by atoms with van der Waals surface area (Å²) in [4.78, 5) is 14.2. The van der Waals surface area contributed by atoms with Gasteiger partial charge >= 0.3 is 5.97 Å². The Kier molecular flexibility index (Phi) is 2.47. The lowest BCUT2D eigenvalue weighted by Crippen LogP contribution is -2.01. The summed E-state index contributed by atoms with van der Waals surface area (Å²) in [7, 11) is 0. The standard InChI is InChI=1S/C8H12N2O2/c1-3-6(2)10-4-7(8(11)12)9-5-10/h4-6H,3H2,1-2H3,(H,11,12). The fourth-order valence-corrected chi connectivity index (χ4v) is 0.899. The Balaban J connectivity index is 2.84. The molecule has 0 aliphatic carbocycles. The van der Waals surface area contributed by atoms with Crippen molar-refractivity contribution in [2.24, 2.45) is 0 Å². The molecule has 1 heterocycles. The first kappa shape index (κ1) is 8.77.